The minimum atomic E-state index is -0.249. The van der Waals surface area contributed by atoms with E-state index < -0.39 is 0 Å². The van der Waals surface area contributed by atoms with Crippen LogP contribution >= 0.6 is 15.9 Å². The van der Waals surface area contributed by atoms with Gasteiger partial charge in [-0.2, -0.15) is 0 Å². The molecule has 2 N–H and O–H groups in total. The first kappa shape index (κ1) is 17.1. The Morgan fingerprint density at radius 3 is 2.60 bits per heavy atom. The summed E-state index contributed by atoms with van der Waals surface area (Å²) in [6, 6.07) is 19.1. The highest BCUT2D eigenvalue weighted by Gasteiger charge is 2.08. The molecule has 0 saturated heterocycles. The number of amides is 1. The molecule has 0 unspecified atom stereocenters. The van der Waals surface area contributed by atoms with Gasteiger partial charge >= 0.3 is 0 Å². The van der Waals surface area contributed by atoms with Crippen LogP contribution in [-0.2, 0) is 6.54 Å². The SMILES string of the molecule is Cc1cccc(CNC(=O)c2ccc(Nc3ccccc3Br)nn2)c1. The van der Waals surface area contributed by atoms with E-state index in [0.717, 1.165) is 21.3 Å². The van der Waals surface area contributed by atoms with Gasteiger partial charge in [-0.15, -0.1) is 10.2 Å². The van der Waals surface area contributed by atoms with Crippen LogP contribution in [0.3, 0.4) is 0 Å². The summed E-state index contributed by atoms with van der Waals surface area (Å²) in [5.41, 5.74) is 3.38. The highest BCUT2D eigenvalue weighted by Crippen LogP contribution is 2.24. The topological polar surface area (TPSA) is 66.9 Å². The maximum Gasteiger partial charge on any atom is 0.272 e. The Balaban J connectivity index is 1.61. The van der Waals surface area contributed by atoms with Crippen LogP contribution in [0.4, 0.5) is 11.5 Å². The number of aryl methyl sites for hydroxylation is 1. The van der Waals surface area contributed by atoms with Crippen LogP contribution < -0.4 is 10.6 Å². The van der Waals surface area contributed by atoms with Gasteiger partial charge in [0.15, 0.2) is 11.5 Å². The Bertz CT molecular complexity index is 881. The molecular formula is C19H17BrN4O. The predicted molar refractivity (Wildman–Crippen MR) is 102 cm³/mol. The van der Waals surface area contributed by atoms with Gasteiger partial charge in [-0.1, -0.05) is 42.0 Å². The van der Waals surface area contributed by atoms with Gasteiger partial charge in [0.2, 0.25) is 0 Å². The molecule has 5 nitrogen and oxygen atoms in total. The number of halogens is 1. The zero-order chi connectivity index (χ0) is 17.6. The molecule has 25 heavy (non-hydrogen) atoms. The average Bonchev–Trinajstić information content (AvgIpc) is 2.62. The van der Waals surface area contributed by atoms with Gasteiger partial charge in [-0.25, -0.2) is 0 Å². The molecule has 3 rings (SSSR count). The first-order chi connectivity index (χ1) is 12.1. The molecule has 0 spiro atoms. The van der Waals surface area contributed by atoms with Crippen LogP contribution in [-0.4, -0.2) is 16.1 Å². The van der Waals surface area contributed by atoms with Crippen LogP contribution in [0.5, 0.6) is 0 Å². The van der Waals surface area contributed by atoms with Crippen LogP contribution in [0.15, 0.2) is 65.1 Å². The van der Waals surface area contributed by atoms with Crippen molar-refractivity contribution in [3.8, 4) is 0 Å². The van der Waals surface area contributed by atoms with Crippen molar-refractivity contribution in [2.24, 2.45) is 0 Å². The Morgan fingerprint density at radius 2 is 1.88 bits per heavy atom. The third kappa shape index (κ3) is 4.64. The maximum atomic E-state index is 12.2. The van der Waals surface area contributed by atoms with Crippen molar-refractivity contribution in [3.63, 3.8) is 0 Å². The largest absolute Gasteiger partial charge is 0.347 e. The van der Waals surface area contributed by atoms with E-state index in [4.69, 9.17) is 0 Å². The lowest BCUT2D eigenvalue weighted by molar-refractivity contribution is 0.0945. The number of rotatable bonds is 5. The lowest BCUT2D eigenvalue weighted by atomic mass is 10.1. The zero-order valence-electron chi connectivity index (χ0n) is 13.7. The summed E-state index contributed by atoms with van der Waals surface area (Å²) in [5.74, 6) is 0.323. The Hall–Kier alpha value is -2.73. The molecule has 0 atom stereocenters. The molecule has 1 aromatic heterocycles. The second-order valence-corrected chi connectivity index (χ2v) is 6.43. The molecule has 1 heterocycles. The van der Waals surface area contributed by atoms with Gasteiger partial charge in [0.05, 0.1) is 5.69 Å². The molecule has 0 fully saturated rings. The van der Waals surface area contributed by atoms with Crippen LogP contribution in [0.25, 0.3) is 0 Å². The Kier molecular flexibility index (Phi) is 5.40. The highest BCUT2D eigenvalue weighted by atomic mass is 79.9. The van der Waals surface area contributed by atoms with Gasteiger partial charge in [0.1, 0.15) is 0 Å². The number of nitrogens with one attached hydrogen (secondary N) is 2. The minimum Gasteiger partial charge on any atom is -0.347 e. The molecule has 0 aliphatic rings. The number of hydrogen-bond donors (Lipinski definition) is 2. The smallest absolute Gasteiger partial charge is 0.272 e. The summed E-state index contributed by atoms with van der Waals surface area (Å²) in [6.45, 7) is 2.48. The number of para-hydroxylation sites is 1. The van der Waals surface area contributed by atoms with Gasteiger partial charge in [-0.3, -0.25) is 4.79 Å². The predicted octanol–water partition coefficient (Wildman–Crippen LogP) is 4.22. The molecule has 0 aliphatic heterocycles. The van der Waals surface area contributed by atoms with Crippen molar-refractivity contribution in [3.05, 3.63) is 82.0 Å². The average molecular weight is 397 g/mol. The Labute approximate surface area is 154 Å². The second kappa shape index (κ2) is 7.90. The molecule has 0 saturated carbocycles. The van der Waals surface area contributed by atoms with Gasteiger partial charge in [0.25, 0.3) is 5.91 Å². The Morgan fingerprint density at radius 1 is 1.04 bits per heavy atom. The van der Waals surface area contributed by atoms with Crippen molar-refractivity contribution in [2.45, 2.75) is 13.5 Å². The monoisotopic (exact) mass is 396 g/mol. The first-order valence-corrected chi connectivity index (χ1v) is 8.60. The van der Waals surface area contributed by atoms with Gasteiger partial charge < -0.3 is 10.6 Å². The summed E-state index contributed by atoms with van der Waals surface area (Å²) < 4.78 is 0.928. The van der Waals surface area contributed by atoms with Crippen LogP contribution in [0, 0.1) is 6.92 Å². The van der Waals surface area contributed by atoms with E-state index in [1.807, 2.05) is 55.5 Å². The lowest BCUT2D eigenvalue weighted by Gasteiger charge is -2.08. The van der Waals surface area contributed by atoms with Crippen molar-refractivity contribution >= 4 is 33.3 Å². The number of hydrogen-bond acceptors (Lipinski definition) is 4. The fourth-order valence-corrected chi connectivity index (χ4v) is 2.70. The number of nitrogens with zero attached hydrogens (tertiary/aromatic N) is 2. The van der Waals surface area contributed by atoms with Crippen LogP contribution in [0.1, 0.15) is 21.6 Å². The van der Waals surface area contributed by atoms with Gasteiger partial charge in [-0.05, 0) is 52.7 Å². The third-order valence-corrected chi connectivity index (χ3v) is 4.26. The van der Waals surface area contributed by atoms with Crippen molar-refractivity contribution in [1.29, 1.82) is 0 Å². The summed E-state index contributed by atoms with van der Waals surface area (Å²) >= 11 is 3.46. The maximum absolute atomic E-state index is 12.2. The minimum absolute atomic E-state index is 0.249. The fraction of sp³-hybridized carbons (Fsp3) is 0.105. The number of benzene rings is 2. The van der Waals surface area contributed by atoms with E-state index in [9.17, 15) is 4.79 Å². The van der Waals surface area contributed by atoms with E-state index in [1.165, 1.54) is 0 Å². The van der Waals surface area contributed by atoms with Crippen LogP contribution in [0.2, 0.25) is 0 Å². The van der Waals surface area contributed by atoms with E-state index in [-0.39, 0.29) is 11.6 Å². The van der Waals surface area contributed by atoms with E-state index in [0.29, 0.717) is 12.4 Å². The van der Waals surface area contributed by atoms with E-state index in [1.54, 1.807) is 12.1 Å². The third-order valence-electron chi connectivity index (χ3n) is 3.57. The summed E-state index contributed by atoms with van der Waals surface area (Å²) in [7, 11) is 0. The summed E-state index contributed by atoms with van der Waals surface area (Å²) in [4.78, 5) is 12.2. The number of aromatic nitrogens is 2. The number of carbonyl (C=O) groups excluding carboxylic acids is 1. The molecule has 0 bridgehead atoms. The van der Waals surface area contributed by atoms with Gasteiger partial charge in [0, 0.05) is 11.0 Å². The molecule has 6 heteroatoms. The molecule has 3 aromatic rings. The number of carbonyl (C=O) groups is 1. The summed E-state index contributed by atoms with van der Waals surface area (Å²) in [5, 5.41) is 14.1. The highest BCUT2D eigenvalue weighted by molar-refractivity contribution is 9.10. The van der Waals surface area contributed by atoms with Crippen molar-refractivity contribution in [2.75, 3.05) is 5.32 Å². The fourth-order valence-electron chi connectivity index (χ4n) is 2.32. The standard InChI is InChI=1S/C19H17BrN4O/c1-13-5-4-6-14(11-13)12-21-19(25)17-9-10-18(24-23-17)22-16-8-3-2-7-15(16)20/h2-11H,12H2,1H3,(H,21,25)(H,22,24). The molecule has 1 amide bonds. The second-order valence-electron chi connectivity index (χ2n) is 5.58. The van der Waals surface area contributed by atoms with E-state index >= 15 is 0 Å². The van der Waals surface area contributed by atoms with E-state index in [2.05, 4.69) is 36.8 Å². The van der Waals surface area contributed by atoms with Crippen molar-refractivity contribution < 1.29 is 4.79 Å². The lowest BCUT2D eigenvalue weighted by Crippen LogP contribution is -2.24. The zero-order valence-corrected chi connectivity index (χ0v) is 15.2. The summed E-state index contributed by atoms with van der Waals surface area (Å²) in [6.07, 6.45) is 0. The quantitative estimate of drug-likeness (QED) is 0.677. The first-order valence-electron chi connectivity index (χ1n) is 7.81. The normalized spacial score (nSPS) is 10.3. The molecule has 0 aliphatic carbocycles. The molecule has 2 aromatic carbocycles. The number of anilines is 2. The molecule has 126 valence electrons. The molecule has 0 radical (unpaired) electrons. The van der Waals surface area contributed by atoms with Crippen molar-refractivity contribution in [1.82, 2.24) is 15.5 Å². The molecular weight excluding hydrogens is 380 g/mol.